The molecule has 0 aliphatic carbocycles. The minimum absolute atomic E-state index is 0.0173. The van der Waals surface area contributed by atoms with E-state index in [1.165, 1.54) is 29.9 Å². The topological polar surface area (TPSA) is 71.2 Å². The van der Waals surface area contributed by atoms with Crippen LogP contribution in [0.2, 0.25) is 0 Å². The number of nitrogens with two attached hydrogens (primary N) is 1. The monoisotopic (exact) mass is 376 g/mol. The molecule has 5 nitrogen and oxygen atoms in total. The largest absolute Gasteiger partial charge is 0.375 e. The number of halogens is 1. The fourth-order valence-electron chi connectivity index (χ4n) is 3.36. The van der Waals surface area contributed by atoms with Gasteiger partial charge in [-0.25, -0.2) is 9.37 Å². The van der Waals surface area contributed by atoms with Crippen LogP contribution in [0.3, 0.4) is 0 Å². The highest BCUT2D eigenvalue weighted by Gasteiger charge is 2.28. The summed E-state index contributed by atoms with van der Waals surface area (Å²) < 4.78 is 13.3. The molecule has 3 N–H and O–H groups in total. The van der Waals surface area contributed by atoms with Crippen LogP contribution in [0.15, 0.2) is 29.6 Å². The van der Waals surface area contributed by atoms with Crippen molar-refractivity contribution in [1.82, 2.24) is 15.2 Å². The molecule has 1 aliphatic rings. The van der Waals surface area contributed by atoms with Crippen LogP contribution < -0.4 is 11.1 Å². The van der Waals surface area contributed by atoms with Gasteiger partial charge in [0.1, 0.15) is 11.9 Å². The molecule has 0 bridgehead atoms. The number of amides is 1. The van der Waals surface area contributed by atoms with E-state index >= 15 is 0 Å². The van der Waals surface area contributed by atoms with Crippen LogP contribution in [-0.4, -0.2) is 35.4 Å². The summed E-state index contributed by atoms with van der Waals surface area (Å²) >= 11 is 1.43. The number of piperidine rings is 1. The molecule has 1 aliphatic heterocycles. The number of benzene rings is 1. The number of carbonyl (C=O) groups excluding carboxylic acids is 1. The summed E-state index contributed by atoms with van der Waals surface area (Å²) in [7, 11) is 0. The number of likely N-dealkylation sites (tertiary alicyclic amines) is 1. The van der Waals surface area contributed by atoms with Crippen molar-refractivity contribution < 1.29 is 9.18 Å². The van der Waals surface area contributed by atoms with Gasteiger partial charge in [0.25, 0.3) is 0 Å². The minimum Gasteiger partial charge on any atom is -0.375 e. The maximum atomic E-state index is 13.3. The number of nitrogens with one attached hydrogen (secondary N) is 1. The highest BCUT2D eigenvalue weighted by atomic mass is 32.1. The van der Waals surface area contributed by atoms with Crippen LogP contribution in [0.1, 0.15) is 43.0 Å². The van der Waals surface area contributed by atoms with Gasteiger partial charge in [-0.2, -0.15) is 0 Å². The highest BCUT2D eigenvalue weighted by Crippen LogP contribution is 2.25. The van der Waals surface area contributed by atoms with Crippen LogP contribution in [-0.2, 0) is 11.2 Å². The van der Waals surface area contributed by atoms with Crippen molar-refractivity contribution in [2.75, 3.05) is 25.4 Å². The van der Waals surface area contributed by atoms with Crippen molar-refractivity contribution in [3.63, 3.8) is 0 Å². The summed E-state index contributed by atoms with van der Waals surface area (Å²) in [5.74, 6) is -0.301. The molecule has 1 atom stereocenters. The number of aryl methyl sites for hydroxylation is 1. The number of anilines is 1. The van der Waals surface area contributed by atoms with E-state index in [9.17, 15) is 9.18 Å². The van der Waals surface area contributed by atoms with Gasteiger partial charge in [-0.05, 0) is 56.5 Å². The van der Waals surface area contributed by atoms with E-state index in [0.29, 0.717) is 11.7 Å². The van der Waals surface area contributed by atoms with Crippen LogP contribution in [0.25, 0.3) is 0 Å². The van der Waals surface area contributed by atoms with Gasteiger partial charge in [-0.1, -0.05) is 18.6 Å². The third-order valence-corrected chi connectivity index (χ3v) is 5.39. The Hall–Kier alpha value is -1.99. The van der Waals surface area contributed by atoms with Gasteiger partial charge in [-0.3, -0.25) is 9.69 Å². The van der Waals surface area contributed by atoms with E-state index in [2.05, 4.69) is 15.2 Å². The van der Waals surface area contributed by atoms with E-state index in [4.69, 9.17) is 5.73 Å². The second kappa shape index (κ2) is 9.09. The lowest BCUT2D eigenvalue weighted by Crippen LogP contribution is -2.43. The van der Waals surface area contributed by atoms with E-state index in [0.717, 1.165) is 50.0 Å². The maximum absolute atomic E-state index is 13.3. The standard InChI is InChI=1S/C19H25FN4OS/c20-15-8-6-14(7-9-15)17(24-11-2-1-3-12-24)18(25)22-10-4-5-16-13-26-19(21)23-16/h6-9,13,17H,1-5,10-12H2,(H2,21,23)(H,22,25). The van der Waals surface area contributed by atoms with Crippen molar-refractivity contribution in [2.24, 2.45) is 0 Å². The first-order chi connectivity index (χ1) is 12.6. The van der Waals surface area contributed by atoms with Gasteiger partial charge < -0.3 is 11.1 Å². The number of hydrogen-bond donors (Lipinski definition) is 2. The van der Waals surface area contributed by atoms with Crippen LogP contribution in [0, 0.1) is 5.82 Å². The molecule has 0 radical (unpaired) electrons. The highest BCUT2D eigenvalue weighted by molar-refractivity contribution is 7.13. The summed E-state index contributed by atoms with van der Waals surface area (Å²) in [5.41, 5.74) is 7.44. The lowest BCUT2D eigenvalue weighted by Gasteiger charge is -2.34. The Morgan fingerprint density at radius 2 is 2.00 bits per heavy atom. The normalized spacial score (nSPS) is 16.3. The fraction of sp³-hybridized carbons (Fsp3) is 0.474. The van der Waals surface area contributed by atoms with E-state index in [1.54, 1.807) is 12.1 Å². The molecule has 3 rings (SSSR count). The van der Waals surface area contributed by atoms with Gasteiger partial charge in [0.05, 0.1) is 5.69 Å². The van der Waals surface area contributed by atoms with E-state index in [1.807, 2.05) is 5.38 Å². The third-order valence-electron chi connectivity index (χ3n) is 4.67. The second-order valence-corrected chi connectivity index (χ2v) is 7.51. The second-order valence-electron chi connectivity index (χ2n) is 6.62. The number of aromatic nitrogens is 1. The molecule has 140 valence electrons. The summed E-state index contributed by atoms with van der Waals surface area (Å²) in [6.45, 7) is 2.38. The average Bonchev–Trinajstić information content (AvgIpc) is 3.07. The molecule has 2 aromatic rings. The molecule has 1 amide bonds. The Balaban J connectivity index is 1.59. The summed E-state index contributed by atoms with van der Waals surface area (Å²) in [6, 6.07) is 5.92. The minimum atomic E-state index is -0.356. The molecule has 26 heavy (non-hydrogen) atoms. The number of nitrogen functional groups attached to an aromatic ring is 1. The number of nitrogens with zero attached hydrogens (tertiary/aromatic N) is 2. The van der Waals surface area contributed by atoms with Gasteiger partial charge in [0.15, 0.2) is 5.13 Å². The summed E-state index contributed by atoms with van der Waals surface area (Å²) in [6.07, 6.45) is 4.99. The molecule has 1 unspecified atom stereocenters. The summed E-state index contributed by atoms with van der Waals surface area (Å²) in [5, 5.41) is 5.57. The molecule has 7 heteroatoms. The smallest absolute Gasteiger partial charge is 0.241 e. The molecule has 2 heterocycles. The zero-order valence-corrected chi connectivity index (χ0v) is 15.6. The van der Waals surface area contributed by atoms with Crippen LogP contribution in [0.5, 0.6) is 0 Å². The predicted molar refractivity (Wildman–Crippen MR) is 102 cm³/mol. The molecule has 1 aromatic carbocycles. The molecule has 0 saturated carbocycles. The van der Waals surface area contributed by atoms with E-state index < -0.39 is 0 Å². The number of carbonyl (C=O) groups is 1. The van der Waals surface area contributed by atoms with Crippen molar-refractivity contribution >= 4 is 22.4 Å². The quantitative estimate of drug-likeness (QED) is 0.728. The Bertz CT molecular complexity index is 713. The van der Waals surface area contributed by atoms with Crippen molar-refractivity contribution in [3.8, 4) is 0 Å². The lowest BCUT2D eigenvalue weighted by atomic mass is 10.0. The van der Waals surface area contributed by atoms with Crippen LogP contribution in [0.4, 0.5) is 9.52 Å². The Kier molecular flexibility index (Phi) is 6.57. The SMILES string of the molecule is Nc1nc(CCCNC(=O)C(c2ccc(F)cc2)N2CCCCC2)cs1. The van der Waals surface area contributed by atoms with Crippen LogP contribution >= 0.6 is 11.3 Å². The fourth-order valence-corrected chi connectivity index (χ4v) is 3.96. The first-order valence-electron chi connectivity index (χ1n) is 9.10. The molecule has 1 aromatic heterocycles. The Labute approximate surface area is 157 Å². The number of hydrogen-bond acceptors (Lipinski definition) is 5. The first kappa shape index (κ1) is 18.8. The molecular weight excluding hydrogens is 351 g/mol. The zero-order chi connectivity index (χ0) is 18.4. The maximum Gasteiger partial charge on any atom is 0.241 e. The lowest BCUT2D eigenvalue weighted by molar-refractivity contribution is -0.127. The van der Waals surface area contributed by atoms with Gasteiger partial charge in [0, 0.05) is 11.9 Å². The van der Waals surface area contributed by atoms with Crippen molar-refractivity contribution in [3.05, 3.63) is 46.7 Å². The van der Waals surface area contributed by atoms with Gasteiger partial charge in [-0.15, -0.1) is 11.3 Å². The molecular formula is C19H25FN4OS. The van der Waals surface area contributed by atoms with E-state index in [-0.39, 0.29) is 17.8 Å². The number of thiazole rings is 1. The number of rotatable bonds is 7. The van der Waals surface area contributed by atoms with Gasteiger partial charge >= 0.3 is 0 Å². The van der Waals surface area contributed by atoms with Crippen molar-refractivity contribution in [1.29, 1.82) is 0 Å². The average molecular weight is 377 g/mol. The summed E-state index contributed by atoms with van der Waals surface area (Å²) in [4.78, 5) is 19.3. The molecule has 1 fully saturated rings. The zero-order valence-electron chi connectivity index (χ0n) is 14.8. The molecule has 1 saturated heterocycles. The Morgan fingerprint density at radius 3 is 2.65 bits per heavy atom. The first-order valence-corrected chi connectivity index (χ1v) is 9.98. The van der Waals surface area contributed by atoms with Crippen molar-refractivity contribution in [2.45, 2.75) is 38.1 Å². The predicted octanol–water partition coefficient (Wildman–Crippen LogP) is 3.14. The van der Waals surface area contributed by atoms with Gasteiger partial charge in [0.2, 0.25) is 5.91 Å². The molecule has 0 spiro atoms. The third kappa shape index (κ3) is 5.02. The Morgan fingerprint density at radius 1 is 1.27 bits per heavy atom.